The minimum Gasteiger partial charge on any atom is -0.298 e. The van der Waals surface area contributed by atoms with Gasteiger partial charge < -0.3 is 0 Å². The van der Waals surface area contributed by atoms with E-state index >= 15 is 0 Å². The second-order valence-electron chi connectivity index (χ2n) is 3.23. The van der Waals surface area contributed by atoms with Gasteiger partial charge in [0, 0.05) is 11.4 Å². The van der Waals surface area contributed by atoms with Crippen molar-refractivity contribution in [1.82, 2.24) is 0 Å². The highest BCUT2D eigenvalue weighted by Gasteiger charge is 2.17. The Labute approximate surface area is 93.5 Å². The summed E-state index contributed by atoms with van der Waals surface area (Å²) >= 11 is 7.20. The Morgan fingerprint density at radius 2 is 2.21 bits per heavy atom. The van der Waals surface area contributed by atoms with Gasteiger partial charge in [-0.2, -0.15) is 0 Å². The van der Waals surface area contributed by atoms with Gasteiger partial charge in [-0.05, 0) is 42.8 Å². The fourth-order valence-corrected chi connectivity index (χ4v) is 2.50. The first-order valence-electron chi connectivity index (χ1n) is 4.59. The number of carbonyl (C=O) groups excluding carboxylic acids is 1. The summed E-state index contributed by atoms with van der Waals surface area (Å²) in [7, 11) is 0. The average molecular weight is 232 g/mol. The molecule has 0 saturated heterocycles. The average Bonchev–Trinajstić information content (AvgIpc) is 2.43. The Balaban J connectivity index is 3.04. The highest BCUT2D eigenvalue weighted by atomic mass is 35.5. The maximum absolute atomic E-state index is 11.2. The van der Waals surface area contributed by atoms with Crippen LogP contribution in [0.15, 0.2) is 5.38 Å². The zero-order valence-corrected chi connectivity index (χ0v) is 10.2. The van der Waals surface area contributed by atoms with Crippen molar-refractivity contribution in [3.05, 3.63) is 15.8 Å². The van der Waals surface area contributed by atoms with Crippen molar-refractivity contribution >= 4 is 34.0 Å². The van der Waals surface area contributed by atoms with E-state index in [2.05, 4.69) is 0 Å². The van der Waals surface area contributed by atoms with E-state index in [1.54, 1.807) is 16.2 Å². The lowest BCUT2D eigenvalue weighted by Gasteiger charge is -2.19. The topological polar surface area (TPSA) is 20.3 Å². The molecule has 1 amide bonds. The molecule has 0 N–H and O–H groups in total. The lowest BCUT2D eigenvalue weighted by molar-refractivity contribution is 0.264. The van der Waals surface area contributed by atoms with Crippen LogP contribution in [0.25, 0.3) is 0 Å². The van der Waals surface area contributed by atoms with Crippen LogP contribution in [-0.2, 0) is 0 Å². The number of thiophene rings is 1. The number of hydrogen-bond acceptors (Lipinski definition) is 2. The predicted octanol–water partition coefficient (Wildman–Crippen LogP) is 3.94. The van der Waals surface area contributed by atoms with Crippen molar-refractivity contribution in [3.63, 3.8) is 0 Å². The Morgan fingerprint density at radius 1 is 1.57 bits per heavy atom. The van der Waals surface area contributed by atoms with E-state index in [9.17, 15) is 4.79 Å². The van der Waals surface area contributed by atoms with Crippen LogP contribution in [0, 0.1) is 13.8 Å². The van der Waals surface area contributed by atoms with Gasteiger partial charge in [0.2, 0.25) is 0 Å². The normalized spacial score (nSPS) is 10.3. The molecule has 2 nitrogen and oxygen atoms in total. The third kappa shape index (κ3) is 2.28. The Morgan fingerprint density at radius 3 is 2.57 bits per heavy atom. The SMILES string of the molecule is CCCN(C(=O)Cl)c1c(C)csc1C. The van der Waals surface area contributed by atoms with E-state index in [4.69, 9.17) is 11.6 Å². The first-order valence-corrected chi connectivity index (χ1v) is 5.85. The standard InChI is InChI=1S/C10H14ClNOS/c1-4-5-12(10(11)13)9-7(2)6-14-8(9)3/h6H,4-5H2,1-3H3. The maximum Gasteiger partial charge on any atom is 0.320 e. The summed E-state index contributed by atoms with van der Waals surface area (Å²) in [5.74, 6) is 0. The lowest BCUT2D eigenvalue weighted by Crippen LogP contribution is -2.27. The molecule has 0 aromatic carbocycles. The number of carbonyl (C=O) groups is 1. The van der Waals surface area contributed by atoms with Crippen molar-refractivity contribution in [2.75, 3.05) is 11.4 Å². The Kier molecular flexibility index (Phi) is 3.96. The zero-order chi connectivity index (χ0) is 10.7. The summed E-state index contributed by atoms with van der Waals surface area (Å²) in [6.45, 7) is 6.72. The van der Waals surface area contributed by atoms with Crippen LogP contribution in [0.1, 0.15) is 23.8 Å². The molecule has 4 heteroatoms. The minimum absolute atomic E-state index is 0.392. The zero-order valence-electron chi connectivity index (χ0n) is 8.63. The van der Waals surface area contributed by atoms with E-state index in [0.29, 0.717) is 6.54 Å². The van der Waals surface area contributed by atoms with Gasteiger partial charge in [-0.25, -0.2) is 0 Å². The van der Waals surface area contributed by atoms with Gasteiger partial charge in [0.25, 0.3) is 0 Å². The van der Waals surface area contributed by atoms with Gasteiger partial charge in [-0.15, -0.1) is 11.3 Å². The number of anilines is 1. The highest BCUT2D eigenvalue weighted by Crippen LogP contribution is 2.31. The molecular weight excluding hydrogens is 218 g/mol. The molecule has 0 atom stereocenters. The molecule has 0 radical (unpaired) electrons. The number of aryl methyl sites for hydroxylation is 2. The molecular formula is C10H14ClNOS. The van der Waals surface area contributed by atoms with Crippen LogP contribution in [0.4, 0.5) is 10.5 Å². The van der Waals surface area contributed by atoms with Gasteiger partial charge in [0.15, 0.2) is 0 Å². The molecule has 0 bridgehead atoms. The predicted molar refractivity (Wildman–Crippen MR) is 62.7 cm³/mol. The van der Waals surface area contributed by atoms with E-state index < -0.39 is 5.37 Å². The number of amides is 1. The smallest absolute Gasteiger partial charge is 0.298 e. The first kappa shape index (κ1) is 11.5. The molecule has 0 aliphatic carbocycles. The molecule has 0 saturated carbocycles. The quantitative estimate of drug-likeness (QED) is 0.570. The second kappa shape index (κ2) is 4.80. The van der Waals surface area contributed by atoms with Crippen molar-refractivity contribution in [2.45, 2.75) is 27.2 Å². The second-order valence-corrected chi connectivity index (χ2v) is 4.64. The van der Waals surface area contributed by atoms with Crippen LogP contribution >= 0.6 is 22.9 Å². The lowest BCUT2D eigenvalue weighted by atomic mass is 10.2. The summed E-state index contributed by atoms with van der Waals surface area (Å²) < 4.78 is 0. The molecule has 1 aromatic heterocycles. The fourth-order valence-electron chi connectivity index (χ4n) is 1.48. The van der Waals surface area contributed by atoms with Crippen molar-refractivity contribution in [3.8, 4) is 0 Å². The molecule has 0 unspecified atom stereocenters. The van der Waals surface area contributed by atoms with Gasteiger partial charge in [0.05, 0.1) is 5.69 Å². The van der Waals surface area contributed by atoms with Crippen LogP contribution in [-0.4, -0.2) is 11.9 Å². The van der Waals surface area contributed by atoms with Gasteiger partial charge in [-0.3, -0.25) is 9.69 Å². The number of halogens is 1. The Hall–Kier alpha value is -0.540. The third-order valence-electron chi connectivity index (χ3n) is 2.05. The monoisotopic (exact) mass is 231 g/mol. The van der Waals surface area contributed by atoms with Crippen LogP contribution in [0.2, 0.25) is 0 Å². The summed E-state index contributed by atoms with van der Waals surface area (Å²) in [4.78, 5) is 14.0. The van der Waals surface area contributed by atoms with E-state index in [-0.39, 0.29) is 0 Å². The van der Waals surface area contributed by atoms with E-state index in [0.717, 1.165) is 22.5 Å². The van der Waals surface area contributed by atoms with E-state index in [1.165, 1.54) is 0 Å². The molecule has 0 fully saturated rings. The van der Waals surface area contributed by atoms with Crippen LogP contribution in [0.5, 0.6) is 0 Å². The van der Waals surface area contributed by atoms with Crippen molar-refractivity contribution < 1.29 is 4.79 Å². The van der Waals surface area contributed by atoms with Crippen LogP contribution < -0.4 is 4.90 Å². The number of hydrogen-bond donors (Lipinski definition) is 0. The van der Waals surface area contributed by atoms with Gasteiger partial charge in [-0.1, -0.05) is 6.92 Å². The number of rotatable bonds is 3. The third-order valence-corrected chi connectivity index (χ3v) is 3.27. The number of nitrogens with zero attached hydrogens (tertiary/aromatic N) is 1. The molecule has 1 aromatic rings. The largest absolute Gasteiger partial charge is 0.320 e. The van der Waals surface area contributed by atoms with Crippen LogP contribution in [0.3, 0.4) is 0 Å². The van der Waals surface area contributed by atoms with Crippen molar-refractivity contribution in [1.29, 1.82) is 0 Å². The maximum atomic E-state index is 11.2. The molecule has 0 spiro atoms. The minimum atomic E-state index is -0.392. The summed E-state index contributed by atoms with van der Waals surface area (Å²) in [6.07, 6.45) is 0.910. The molecule has 0 aliphatic rings. The van der Waals surface area contributed by atoms with Gasteiger partial charge >= 0.3 is 5.37 Å². The molecule has 1 heterocycles. The highest BCUT2D eigenvalue weighted by molar-refractivity contribution is 7.10. The Bertz CT molecular complexity index is 315. The molecule has 1 rings (SSSR count). The summed E-state index contributed by atoms with van der Waals surface area (Å²) in [6, 6.07) is 0. The summed E-state index contributed by atoms with van der Waals surface area (Å²) in [5, 5.41) is 1.66. The molecule has 78 valence electrons. The van der Waals surface area contributed by atoms with Gasteiger partial charge in [0.1, 0.15) is 0 Å². The first-order chi connectivity index (χ1) is 6.57. The van der Waals surface area contributed by atoms with Crippen molar-refractivity contribution in [2.24, 2.45) is 0 Å². The molecule has 14 heavy (non-hydrogen) atoms. The van der Waals surface area contributed by atoms with E-state index in [1.807, 2.05) is 26.2 Å². The molecule has 0 aliphatic heterocycles. The fraction of sp³-hybridized carbons (Fsp3) is 0.500. The summed E-state index contributed by atoms with van der Waals surface area (Å²) in [5.41, 5.74) is 2.10.